The maximum Gasteiger partial charge on any atom is 0.260 e. The number of nitrogens with zero attached hydrogens (tertiary/aromatic N) is 2. The highest BCUT2D eigenvalue weighted by atomic mass is 32.2. The van der Waals surface area contributed by atoms with Crippen molar-refractivity contribution in [3.05, 3.63) is 59.2 Å². The van der Waals surface area contributed by atoms with Crippen LogP contribution in [-0.2, 0) is 14.8 Å². The number of hydrogen-bond acceptors (Lipinski definition) is 5. The highest BCUT2D eigenvalue weighted by Crippen LogP contribution is 2.30. The minimum absolute atomic E-state index is 0.304. The van der Waals surface area contributed by atoms with Gasteiger partial charge in [0.15, 0.2) is 0 Å². The van der Waals surface area contributed by atoms with Crippen molar-refractivity contribution < 1.29 is 17.9 Å². The maximum atomic E-state index is 12.2. The van der Waals surface area contributed by atoms with Gasteiger partial charge in [-0.15, -0.1) is 0 Å². The van der Waals surface area contributed by atoms with Crippen LogP contribution in [0.5, 0.6) is 5.75 Å². The van der Waals surface area contributed by atoms with Gasteiger partial charge in [0.2, 0.25) is 10.0 Å². The molecular weight excluding hydrogens is 366 g/mol. The molecule has 1 amide bonds. The van der Waals surface area contributed by atoms with Crippen molar-refractivity contribution >= 4 is 27.8 Å². The van der Waals surface area contributed by atoms with Gasteiger partial charge in [-0.1, -0.05) is 35.9 Å². The molecule has 0 bridgehead atoms. The third kappa shape index (κ3) is 5.82. The number of carbonyl (C=O) groups excluding carboxylic acids is 1. The van der Waals surface area contributed by atoms with Gasteiger partial charge in [0.1, 0.15) is 12.3 Å². The zero-order valence-corrected chi connectivity index (χ0v) is 16.6. The number of nitrogens with one attached hydrogen (secondary N) is 1. The average Bonchev–Trinajstić information content (AvgIpc) is 2.59. The van der Waals surface area contributed by atoms with E-state index in [-0.39, 0.29) is 0 Å². The van der Waals surface area contributed by atoms with Gasteiger partial charge in [-0.25, -0.2) is 13.8 Å². The molecule has 0 spiro atoms. The molecule has 0 fully saturated rings. The average molecular weight is 389 g/mol. The Kier molecular flexibility index (Phi) is 6.57. The minimum atomic E-state index is -3.70. The number of hydrazone groups is 1. The van der Waals surface area contributed by atoms with Crippen LogP contribution in [0.1, 0.15) is 16.7 Å². The fourth-order valence-electron chi connectivity index (χ4n) is 2.47. The number of sulfonamides is 1. The van der Waals surface area contributed by atoms with Gasteiger partial charge in [0, 0.05) is 0 Å². The number of methoxy groups -OCH3 is 1. The number of ether oxygens (including phenoxy) is 1. The van der Waals surface area contributed by atoms with E-state index in [2.05, 4.69) is 10.5 Å². The summed E-state index contributed by atoms with van der Waals surface area (Å²) >= 11 is 0. The van der Waals surface area contributed by atoms with E-state index in [4.69, 9.17) is 4.74 Å². The van der Waals surface area contributed by atoms with Crippen LogP contribution in [-0.4, -0.2) is 40.4 Å². The van der Waals surface area contributed by atoms with Crippen LogP contribution in [0.25, 0.3) is 0 Å². The second kappa shape index (κ2) is 8.68. The molecule has 2 aromatic carbocycles. The van der Waals surface area contributed by atoms with Crippen molar-refractivity contribution in [2.24, 2.45) is 5.10 Å². The van der Waals surface area contributed by atoms with E-state index in [1.807, 2.05) is 38.1 Å². The van der Waals surface area contributed by atoms with E-state index >= 15 is 0 Å². The number of aryl methyl sites for hydroxylation is 2. The van der Waals surface area contributed by atoms with Crippen molar-refractivity contribution in [1.82, 2.24) is 5.43 Å². The summed E-state index contributed by atoms with van der Waals surface area (Å²) in [6, 6.07) is 12.7. The molecule has 8 heteroatoms. The Labute approximate surface area is 159 Å². The molecule has 0 saturated carbocycles. The normalized spacial score (nSPS) is 11.4. The lowest BCUT2D eigenvalue weighted by atomic mass is 10.2. The zero-order valence-electron chi connectivity index (χ0n) is 15.8. The molecule has 2 aromatic rings. The SMILES string of the molecule is COc1ccc(C)cc1N(CC(=O)N/N=C\c1cccc(C)c1)S(C)(=O)=O. The first-order chi connectivity index (χ1) is 12.7. The van der Waals surface area contributed by atoms with Crippen LogP contribution in [0.4, 0.5) is 5.69 Å². The summed E-state index contributed by atoms with van der Waals surface area (Å²) in [5.74, 6) is -0.199. The van der Waals surface area contributed by atoms with Crippen LogP contribution in [0.3, 0.4) is 0 Å². The van der Waals surface area contributed by atoms with Crippen molar-refractivity contribution in [2.45, 2.75) is 13.8 Å². The summed E-state index contributed by atoms with van der Waals surface area (Å²) in [4.78, 5) is 12.2. The summed E-state index contributed by atoms with van der Waals surface area (Å²) in [7, 11) is -2.26. The van der Waals surface area contributed by atoms with E-state index in [0.717, 1.165) is 27.3 Å². The molecule has 0 heterocycles. The van der Waals surface area contributed by atoms with Crippen LogP contribution in [0.2, 0.25) is 0 Å². The van der Waals surface area contributed by atoms with Crippen molar-refractivity contribution in [2.75, 3.05) is 24.2 Å². The molecule has 0 aromatic heterocycles. The van der Waals surface area contributed by atoms with Gasteiger partial charge in [-0.05, 0) is 37.1 Å². The quantitative estimate of drug-likeness (QED) is 0.581. The molecule has 7 nitrogen and oxygen atoms in total. The number of amides is 1. The predicted molar refractivity (Wildman–Crippen MR) is 107 cm³/mol. The van der Waals surface area contributed by atoms with Gasteiger partial charge in [0.25, 0.3) is 5.91 Å². The van der Waals surface area contributed by atoms with Gasteiger partial charge < -0.3 is 4.74 Å². The van der Waals surface area contributed by atoms with Gasteiger partial charge >= 0.3 is 0 Å². The fraction of sp³-hybridized carbons (Fsp3) is 0.263. The predicted octanol–water partition coefficient (Wildman–Crippen LogP) is 2.23. The van der Waals surface area contributed by atoms with E-state index in [0.29, 0.717) is 11.4 Å². The Morgan fingerprint density at radius 1 is 1.19 bits per heavy atom. The van der Waals surface area contributed by atoms with Crippen LogP contribution in [0, 0.1) is 13.8 Å². The molecule has 0 atom stereocenters. The van der Waals surface area contributed by atoms with Crippen molar-refractivity contribution in [1.29, 1.82) is 0 Å². The fourth-order valence-corrected chi connectivity index (χ4v) is 3.32. The lowest BCUT2D eigenvalue weighted by Crippen LogP contribution is -2.39. The van der Waals surface area contributed by atoms with E-state index in [1.165, 1.54) is 13.3 Å². The molecule has 27 heavy (non-hydrogen) atoms. The second-order valence-electron chi connectivity index (χ2n) is 6.15. The number of anilines is 1. The van der Waals surface area contributed by atoms with E-state index < -0.39 is 22.5 Å². The zero-order chi connectivity index (χ0) is 20.0. The first kappa shape index (κ1) is 20.4. The highest BCUT2D eigenvalue weighted by molar-refractivity contribution is 7.92. The maximum absolute atomic E-state index is 12.2. The summed E-state index contributed by atoms with van der Waals surface area (Å²) in [6.07, 6.45) is 2.54. The van der Waals surface area contributed by atoms with Crippen LogP contribution < -0.4 is 14.5 Å². The number of rotatable bonds is 7. The number of benzene rings is 2. The molecule has 144 valence electrons. The monoisotopic (exact) mass is 389 g/mol. The summed E-state index contributed by atoms with van der Waals surface area (Å²) in [5, 5.41) is 3.89. The first-order valence-corrected chi connectivity index (χ1v) is 10.1. The number of carbonyl (C=O) groups is 1. The summed E-state index contributed by atoms with van der Waals surface area (Å²) in [5.41, 5.74) is 5.41. The third-order valence-electron chi connectivity index (χ3n) is 3.74. The summed E-state index contributed by atoms with van der Waals surface area (Å²) in [6.45, 7) is 3.37. The topological polar surface area (TPSA) is 88.1 Å². The van der Waals surface area contributed by atoms with Gasteiger partial charge in [-0.2, -0.15) is 5.10 Å². The standard InChI is InChI=1S/C19H23N3O4S/c1-14-6-5-7-16(10-14)12-20-21-19(23)13-22(27(4,24)25)17-11-15(2)8-9-18(17)26-3/h5-12H,13H2,1-4H3,(H,21,23)/b20-12-. The largest absolute Gasteiger partial charge is 0.495 e. The van der Waals surface area contributed by atoms with Crippen LogP contribution in [0.15, 0.2) is 47.6 Å². The van der Waals surface area contributed by atoms with E-state index in [9.17, 15) is 13.2 Å². The highest BCUT2D eigenvalue weighted by Gasteiger charge is 2.24. The Morgan fingerprint density at radius 3 is 2.52 bits per heavy atom. The molecule has 0 radical (unpaired) electrons. The molecule has 0 aliphatic heterocycles. The smallest absolute Gasteiger partial charge is 0.260 e. The number of hydrogen-bond donors (Lipinski definition) is 1. The molecule has 1 N–H and O–H groups in total. The molecule has 0 aliphatic carbocycles. The Balaban J connectivity index is 2.17. The third-order valence-corrected chi connectivity index (χ3v) is 4.86. The molecule has 0 unspecified atom stereocenters. The Morgan fingerprint density at radius 2 is 1.89 bits per heavy atom. The lowest BCUT2D eigenvalue weighted by molar-refractivity contribution is -0.119. The second-order valence-corrected chi connectivity index (χ2v) is 8.06. The Hall–Kier alpha value is -2.87. The first-order valence-electron chi connectivity index (χ1n) is 8.21. The van der Waals surface area contributed by atoms with E-state index in [1.54, 1.807) is 18.2 Å². The molecule has 0 saturated heterocycles. The molecule has 2 rings (SSSR count). The van der Waals surface area contributed by atoms with Crippen molar-refractivity contribution in [3.8, 4) is 5.75 Å². The Bertz CT molecular complexity index is 955. The van der Waals surface area contributed by atoms with Gasteiger partial charge in [0.05, 0.1) is 25.3 Å². The van der Waals surface area contributed by atoms with Crippen molar-refractivity contribution in [3.63, 3.8) is 0 Å². The molecular formula is C19H23N3O4S. The summed E-state index contributed by atoms with van der Waals surface area (Å²) < 4.78 is 30.7. The lowest BCUT2D eigenvalue weighted by Gasteiger charge is -2.23. The van der Waals surface area contributed by atoms with Crippen LogP contribution >= 0.6 is 0 Å². The molecule has 0 aliphatic rings. The van der Waals surface area contributed by atoms with Gasteiger partial charge in [-0.3, -0.25) is 9.10 Å². The minimum Gasteiger partial charge on any atom is -0.495 e.